The molecule has 1 aromatic rings. The molecular formula is C12H19N3OS. The van der Waals surface area contributed by atoms with Gasteiger partial charge in [0.05, 0.1) is 5.69 Å². The molecule has 1 aliphatic carbocycles. The smallest absolute Gasteiger partial charge is 0.263 e. The van der Waals surface area contributed by atoms with Crippen LogP contribution in [0, 0.1) is 12.8 Å². The van der Waals surface area contributed by atoms with E-state index in [1.807, 2.05) is 6.92 Å². The van der Waals surface area contributed by atoms with Crippen LogP contribution in [0.3, 0.4) is 0 Å². The first kappa shape index (κ1) is 12.4. The minimum absolute atomic E-state index is 0.00227. The Bertz CT molecular complexity index is 410. The van der Waals surface area contributed by atoms with Gasteiger partial charge in [0.15, 0.2) is 5.13 Å². The summed E-state index contributed by atoms with van der Waals surface area (Å²) in [6.07, 6.45) is 2.43. The van der Waals surface area contributed by atoms with E-state index in [1.165, 1.54) is 24.2 Å². The van der Waals surface area contributed by atoms with Crippen LogP contribution in [0.2, 0.25) is 0 Å². The molecule has 5 heteroatoms. The minimum atomic E-state index is -0.00227. The summed E-state index contributed by atoms with van der Waals surface area (Å²) in [6, 6.07) is 0.576. The number of nitrogens with one attached hydrogen (secondary N) is 2. The molecule has 1 amide bonds. The molecule has 0 bridgehead atoms. The lowest BCUT2D eigenvalue weighted by Crippen LogP contribution is -2.27. The largest absolute Gasteiger partial charge is 0.359 e. The van der Waals surface area contributed by atoms with Crippen LogP contribution in [0.5, 0.6) is 0 Å². The highest BCUT2D eigenvalue weighted by atomic mass is 32.1. The van der Waals surface area contributed by atoms with Gasteiger partial charge in [0.25, 0.3) is 5.91 Å². The Balaban J connectivity index is 1.98. The van der Waals surface area contributed by atoms with Crippen molar-refractivity contribution in [1.29, 1.82) is 0 Å². The van der Waals surface area contributed by atoms with Crippen molar-refractivity contribution in [3.8, 4) is 0 Å². The van der Waals surface area contributed by atoms with Crippen LogP contribution >= 0.6 is 11.3 Å². The van der Waals surface area contributed by atoms with Crippen molar-refractivity contribution in [2.24, 2.45) is 5.92 Å². The van der Waals surface area contributed by atoms with Gasteiger partial charge in [-0.15, -0.1) is 0 Å². The monoisotopic (exact) mass is 253 g/mol. The van der Waals surface area contributed by atoms with Gasteiger partial charge in [-0.1, -0.05) is 25.2 Å². The lowest BCUT2D eigenvalue weighted by Gasteiger charge is -2.05. The van der Waals surface area contributed by atoms with Crippen molar-refractivity contribution in [1.82, 2.24) is 10.3 Å². The average molecular weight is 253 g/mol. The number of hydrogen-bond acceptors (Lipinski definition) is 4. The maximum Gasteiger partial charge on any atom is 0.263 e. The summed E-state index contributed by atoms with van der Waals surface area (Å²) in [5.74, 6) is 0.466. The minimum Gasteiger partial charge on any atom is -0.359 e. The summed E-state index contributed by atoms with van der Waals surface area (Å²) in [4.78, 5) is 17.0. The number of carbonyl (C=O) groups excluding carboxylic acids is 1. The molecule has 1 aromatic heterocycles. The highest BCUT2D eigenvalue weighted by molar-refractivity contribution is 7.17. The molecule has 1 fully saturated rings. The average Bonchev–Trinajstić information content (AvgIpc) is 2.98. The molecule has 0 aliphatic heterocycles. The Labute approximate surface area is 106 Å². The van der Waals surface area contributed by atoms with E-state index >= 15 is 0 Å². The van der Waals surface area contributed by atoms with Gasteiger partial charge in [-0.05, 0) is 25.7 Å². The van der Waals surface area contributed by atoms with Gasteiger partial charge >= 0.3 is 0 Å². The molecule has 1 saturated carbocycles. The van der Waals surface area contributed by atoms with E-state index in [0.717, 1.165) is 15.7 Å². The molecule has 0 unspecified atom stereocenters. The highest BCUT2D eigenvalue weighted by Gasteiger charge is 2.23. The molecule has 4 nitrogen and oxygen atoms in total. The first-order chi connectivity index (χ1) is 8.06. The van der Waals surface area contributed by atoms with Gasteiger partial charge in [-0.2, -0.15) is 0 Å². The van der Waals surface area contributed by atoms with E-state index in [1.54, 1.807) is 0 Å². The van der Waals surface area contributed by atoms with E-state index in [4.69, 9.17) is 0 Å². The topological polar surface area (TPSA) is 54.0 Å². The normalized spacial score (nSPS) is 15.1. The van der Waals surface area contributed by atoms with E-state index in [2.05, 4.69) is 29.5 Å². The second-order valence-electron chi connectivity index (χ2n) is 4.96. The fourth-order valence-electron chi connectivity index (χ4n) is 1.45. The molecule has 1 aliphatic rings. The quantitative estimate of drug-likeness (QED) is 0.847. The first-order valence-corrected chi connectivity index (χ1v) is 6.90. The zero-order chi connectivity index (χ0) is 12.4. The lowest BCUT2D eigenvalue weighted by molar-refractivity contribution is 0.0952. The molecule has 1 heterocycles. The van der Waals surface area contributed by atoms with Crippen LogP contribution in [-0.2, 0) is 0 Å². The Kier molecular flexibility index (Phi) is 3.66. The number of hydrogen-bond donors (Lipinski definition) is 2. The van der Waals surface area contributed by atoms with Crippen molar-refractivity contribution < 1.29 is 4.79 Å². The Morgan fingerprint density at radius 1 is 1.53 bits per heavy atom. The number of nitrogens with zero attached hydrogens (tertiary/aromatic N) is 1. The van der Waals surface area contributed by atoms with Crippen LogP contribution in [0.25, 0.3) is 0 Å². The van der Waals surface area contributed by atoms with Gasteiger partial charge in [-0.3, -0.25) is 4.79 Å². The second kappa shape index (κ2) is 5.04. The maximum atomic E-state index is 11.9. The lowest BCUT2D eigenvalue weighted by atomic mass is 10.2. The van der Waals surface area contributed by atoms with E-state index in [-0.39, 0.29) is 5.91 Å². The summed E-state index contributed by atoms with van der Waals surface area (Å²) in [6.45, 7) is 6.76. The first-order valence-electron chi connectivity index (χ1n) is 6.08. The zero-order valence-electron chi connectivity index (χ0n) is 10.5. The summed E-state index contributed by atoms with van der Waals surface area (Å²) in [7, 11) is 0. The number of aryl methyl sites for hydroxylation is 1. The van der Waals surface area contributed by atoms with Gasteiger partial charge in [-0.25, -0.2) is 4.98 Å². The number of rotatable bonds is 5. The van der Waals surface area contributed by atoms with Gasteiger partial charge in [0.1, 0.15) is 4.88 Å². The number of aromatic nitrogens is 1. The SMILES string of the molecule is Cc1nc(NC2CC2)sc1C(=O)NCC(C)C. The van der Waals surface area contributed by atoms with Crippen LogP contribution < -0.4 is 10.6 Å². The Morgan fingerprint density at radius 2 is 2.24 bits per heavy atom. The fourth-order valence-corrected chi connectivity index (χ4v) is 2.41. The van der Waals surface area contributed by atoms with Gasteiger partial charge in [0, 0.05) is 12.6 Å². The van der Waals surface area contributed by atoms with Crippen molar-refractivity contribution >= 4 is 22.4 Å². The van der Waals surface area contributed by atoms with Crippen molar-refractivity contribution in [2.45, 2.75) is 39.7 Å². The number of carbonyl (C=O) groups is 1. The molecule has 0 spiro atoms. The van der Waals surface area contributed by atoms with Gasteiger partial charge < -0.3 is 10.6 Å². The summed E-state index contributed by atoms with van der Waals surface area (Å²) < 4.78 is 0. The van der Waals surface area contributed by atoms with Crippen molar-refractivity contribution in [3.05, 3.63) is 10.6 Å². The zero-order valence-corrected chi connectivity index (χ0v) is 11.4. The molecular weight excluding hydrogens is 234 g/mol. The molecule has 17 heavy (non-hydrogen) atoms. The predicted molar refractivity (Wildman–Crippen MR) is 70.7 cm³/mol. The molecule has 2 rings (SSSR count). The Morgan fingerprint density at radius 3 is 2.82 bits per heavy atom. The molecule has 0 atom stereocenters. The predicted octanol–water partition coefficient (Wildman–Crippen LogP) is 2.41. The van der Waals surface area contributed by atoms with Crippen LogP contribution in [0.15, 0.2) is 0 Å². The third kappa shape index (κ3) is 3.43. The second-order valence-corrected chi connectivity index (χ2v) is 5.96. The van der Waals surface area contributed by atoms with Crippen LogP contribution in [0.4, 0.5) is 5.13 Å². The molecule has 0 radical (unpaired) electrons. The molecule has 0 aromatic carbocycles. The summed E-state index contributed by atoms with van der Waals surface area (Å²) in [5, 5.41) is 7.12. The third-order valence-corrected chi connectivity index (χ3v) is 3.67. The number of amides is 1. The standard InChI is InChI=1S/C12H19N3OS/c1-7(2)6-13-11(16)10-8(3)14-12(17-10)15-9-4-5-9/h7,9H,4-6H2,1-3H3,(H,13,16)(H,14,15). The summed E-state index contributed by atoms with van der Waals surface area (Å²) >= 11 is 1.45. The highest BCUT2D eigenvalue weighted by Crippen LogP contribution is 2.29. The van der Waals surface area contributed by atoms with E-state index in [9.17, 15) is 4.79 Å². The number of thiazole rings is 1. The number of anilines is 1. The van der Waals surface area contributed by atoms with E-state index in [0.29, 0.717) is 18.5 Å². The van der Waals surface area contributed by atoms with Gasteiger partial charge in [0.2, 0.25) is 0 Å². The maximum absolute atomic E-state index is 11.9. The van der Waals surface area contributed by atoms with Crippen molar-refractivity contribution in [3.63, 3.8) is 0 Å². The Hall–Kier alpha value is -1.10. The van der Waals surface area contributed by atoms with Crippen LogP contribution in [0.1, 0.15) is 42.1 Å². The van der Waals surface area contributed by atoms with Crippen molar-refractivity contribution in [2.75, 3.05) is 11.9 Å². The third-order valence-electron chi connectivity index (χ3n) is 2.58. The molecule has 0 saturated heterocycles. The van der Waals surface area contributed by atoms with Crippen LogP contribution in [-0.4, -0.2) is 23.5 Å². The molecule has 94 valence electrons. The molecule has 2 N–H and O–H groups in total. The fraction of sp³-hybridized carbons (Fsp3) is 0.667. The summed E-state index contributed by atoms with van der Waals surface area (Å²) in [5.41, 5.74) is 0.819. The van der Waals surface area contributed by atoms with E-state index < -0.39 is 0 Å².